The zero-order chi connectivity index (χ0) is 24.2. The van der Waals surface area contributed by atoms with Gasteiger partial charge in [0, 0.05) is 13.6 Å². The molecule has 0 bridgehead atoms. The number of alkyl halides is 2. The summed E-state index contributed by atoms with van der Waals surface area (Å²) in [6.45, 7) is -2.99. The van der Waals surface area contributed by atoms with Gasteiger partial charge in [-0.2, -0.15) is 20.5 Å². The first-order valence-electron chi connectivity index (χ1n) is 10.2. The molecule has 1 unspecified atom stereocenters. The highest BCUT2D eigenvalue weighted by Gasteiger charge is 2.24. The van der Waals surface area contributed by atoms with Crippen molar-refractivity contribution in [2.75, 3.05) is 32.8 Å². The molecule has 0 saturated heterocycles. The normalized spacial score (nSPS) is 11.6. The molecule has 0 radical (unpaired) electrons. The fraction of sp³-hybridized carbons (Fsp3) is 0.391. The molecule has 10 heteroatoms. The molecule has 0 aliphatic rings. The lowest BCUT2D eigenvalue weighted by molar-refractivity contribution is -0.136. The molecule has 0 aliphatic carbocycles. The van der Waals surface area contributed by atoms with Gasteiger partial charge in [-0.15, -0.1) is 0 Å². The molecule has 2 aromatic carbocycles. The summed E-state index contributed by atoms with van der Waals surface area (Å²) in [5.41, 5.74) is 0.659. The van der Waals surface area contributed by atoms with Crippen LogP contribution in [0.4, 0.5) is 8.78 Å². The lowest BCUT2D eigenvalue weighted by atomic mass is 10.1. The van der Waals surface area contributed by atoms with Crippen LogP contribution in [0.2, 0.25) is 0 Å². The van der Waals surface area contributed by atoms with E-state index in [2.05, 4.69) is 10.1 Å². The van der Waals surface area contributed by atoms with Crippen molar-refractivity contribution in [2.24, 2.45) is 0 Å². The Labute approximate surface area is 196 Å². The van der Waals surface area contributed by atoms with Crippen molar-refractivity contribution in [3.8, 4) is 17.2 Å². The summed E-state index contributed by atoms with van der Waals surface area (Å²) in [7, 11) is 2.95. The molecule has 2 amide bonds. The Balaban J connectivity index is 2.01. The maximum Gasteiger partial charge on any atom is 0.387 e. The maximum absolute atomic E-state index is 13.0. The van der Waals surface area contributed by atoms with Crippen LogP contribution in [0, 0.1) is 0 Å². The SMILES string of the molecule is COc1cc(CN(C)C(=O)C(CCSC)NC(=O)COc2ccccc2)ccc1OC(F)F. The minimum absolute atomic E-state index is 0.0891. The van der Waals surface area contributed by atoms with E-state index in [0.29, 0.717) is 23.5 Å². The van der Waals surface area contributed by atoms with Gasteiger partial charge in [0.25, 0.3) is 5.91 Å². The number of carbonyl (C=O) groups excluding carboxylic acids is 2. The molecule has 180 valence electrons. The highest BCUT2D eigenvalue weighted by molar-refractivity contribution is 7.98. The zero-order valence-electron chi connectivity index (χ0n) is 18.8. The minimum Gasteiger partial charge on any atom is -0.493 e. The van der Waals surface area contributed by atoms with Crippen LogP contribution in [0.25, 0.3) is 0 Å². The predicted molar refractivity (Wildman–Crippen MR) is 123 cm³/mol. The van der Waals surface area contributed by atoms with Gasteiger partial charge in [-0.1, -0.05) is 24.3 Å². The Bertz CT molecular complexity index is 902. The Kier molecular flexibility index (Phi) is 10.8. The lowest BCUT2D eigenvalue weighted by Gasteiger charge is -2.25. The molecule has 0 saturated carbocycles. The average Bonchev–Trinajstić information content (AvgIpc) is 2.81. The number of para-hydroxylation sites is 1. The summed E-state index contributed by atoms with van der Waals surface area (Å²) in [5.74, 6) is 0.612. The van der Waals surface area contributed by atoms with Crippen LogP contribution in [0.1, 0.15) is 12.0 Å². The largest absolute Gasteiger partial charge is 0.493 e. The Morgan fingerprint density at radius 1 is 1.12 bits per heavy atom. The van der Waals surface area contributed by atoms with E-state index in [-0.39, 0.29) is 30.6 Å². The quantitative estimate of drug-likeness (QED) is 0.470. The number of halogens is 2. The number of hydrogen-bond acceptors (Lipinski definition) is 6. The number of hydrogen-bond donors (Lipinski definition) is 1. The van der Waals surface area contributed by atoms with Gasteiger partial charge >= 0.3 is 6.61 Å². The maximum atomic E-state index is 13.0. The first-order chi connectivity index (χ1) is 15.8. The van der Waals surface area contributed by atoms with Crippen molar-refractivity contribution >= 4 is 23.6 Å². The van der Waals surface area contributed by atoms with Crippen molar-refractivity contribution in [1.82, 2.24) is 10.2 Å². The van der Waals surface area contributed by atoms with E-state index >= 15 is 0 Å². The van der Waals surface area contributed by atoms with Crippen LogP contribution < -0.4 is 19.5 Å². The number of nitrogens with one attached hydrogen (secondary N) is 1. The molecule has 1 atom stereocenters. The number of amides is 2. The topological polar surface area (TPSA) is 77.1 Å². The second-order valence-corrected chi connectivity index (χ2v) is 8.05. The van der Waals surface area contributed by atoms with E-state index in [9.17, 15) is 18.4 Å². The molecule has 0 aromatic heterocycles. The summed E-state index contributed by atoms with van der Waals surface area (Å²) in [6.07, 6.45) is 2.37. The molecule has 0 heterocycles. The number of likely N-dealkylation sites (N-methyl/N-ethyl adjacent to an activating group) is 1. The van der Waals surface area contributed by atoms with Gasteiger partial charge in [0.2, 0.25) is 5.91 Å². The van der Waals surface area contributed by atoms with Gasteiger partial charge in [0.05, 0.1) is 7.11 Å². The van der Waals surface area contributed by atoms with E-state index in [4.69, 9.17) is 9.47 Å². The van der Waals surface area contributed by atoms with E-state index in [1.54, 1.807) is 49.1 Å². The van der Waals surface area contributed by atoms with Gasteiger partial charge < -0.3 is 24.4 Å². The average molecular weight is 483 g/mol. The summed E-state index contributed by atoms with van der Waals surface area (Å²) >= 11 is 1.57. The van der Waals surface area contributed by atoms with Gasteiger partial charge in [0.15, 0.2) is 18.1 Å². The smallest absolute Gasteiger partial charge is 0.387 e. The number of ether oxygens (including phenoxy) is 3. The van der Waals surface area contributed by atoms with E-state index in [1.807, 2.05) is 12.3 Å². The first kappa shape index (κ1) is 26.2. The summed E-state index contributed by atoms with van der Waals surface area (Å²) in [4.78, 5) is 26.9. The van der Waals surface area contributed by atoms with Crippen molar-refractivity contribution in [1.29, 1.82) is 0 Å². The molecule has 7 nitrogen and oxygen atoms in total. The minimum atomic E-state index is -2.97. The number of methoxy groups -OCH3 is 1. The fourth-order valence-corrected chi connectivity index (χ4v) is 3.49. The first-order valence-corrected chi connectivity index (χ1v) is 11.6. The number of nitrogens with zero attached hydrogens (tertiary/aromatic N) is 1. The fourth-order valence-electron chi connectivity index (χ4n) is 3.02. The Hall–Kier alpha value is -3.01. The second kappa shape index (κ2) is 13.5. The highest BCUT2D eigenvalue weighted by Crippen LogP contribution is 2.29. The van der Waals surface area contributed by atoms with E-state index < -0.39 is 18.6 Å². The van der Waals surface area contributed by atoms with Crippen LogP contribution in [-0.2, 0) is 16.1 Å². The van der Waals surface area contributed by atoms with Crippen LogP contribution in [0.15, 0.2) is 48.5 Å². The zero-order valence-corrected chi connectivity index (χ0v) is 19.6. The third-order valence-electron chi connectivity index (χ3n) is 4.60. The van der Waals surface area contributed by atoms with Crippen LogP contribution >= 0.6 is 11.8 Å². The van der Waals surface area contributed by atoms with E-state index in [0.717, 1.165) is 0 Å². The third kappa shape index (κ3) is 8.80. The van der Waals surface area contributed by atoms with Gasteiger partial charge in [-0.25, -0.2) is 0 Å². The molecule has 1 N–H and O–H groups in total. The van der Waals surface area contributed by atoms with Gasteiger partial charge in [-0.05, 0) is 48.3 Å². The molecule has 2 rings (SSSR count). The number of carbonyl (C=O) groups is 2. The molecule has 0 fully saturated rings. The monoisotopic (exact) mass is 482 g/mol. The second-order valence-electron chi connectivity index (χ2n) is 7.06. The molecule has 0 spiro atoms. The van der Waals surface area contributed by atoms with Crippen molar-refractivity contribution in [3.05, 3.63) is 54.1 Å². The van der Waals surface area contributed by atoms with Crippen LogP contribution in [0.5, 0.6) is 17.2 Å². The lowest BCUT2D eigenvalue weighted by Crippen LogP contribution is -2.48. The molecular weight excluding hydrogens is 454 g/mol. The molecular formula is C23H28F2N2O5S. The third-order valence-corrected chi connectivity index (χ3v) is 5.24. The highest BCUT2D eigenvalue weighted by atomic mass is 32.2. The Morgan fingerprint density at radius 2 is 1.85 bits per heavy atom. The van der Waals surface area contributed by atoms with Gasteiger partial charge in [0.1, 0.15) is 11.8 Å². The summed E-state index contributed by atoms with van der Waals surface area (Å²) in [6, 6.07) is 12.7. The van der Waals surface area contributed by atoms with Gasteiger partial charge in [-0.3, -0.25) is 9.59 Å². The molecule has 33 heavy (non-hydrogen) atoms. The van der Waals surface area contributed by atoms with Crippen molar-refractivity contribution < 1.29 is 32.6 Å². The number of thioether (sulfide) groups is 1. The van der Waals surface area contributed by atoms with Crippen LogP contribution in [-0.4, -0.2) is 62.1 Å². The standard InChI is InChI=1S/C23H28F2N2O5S/c1-27(14-16-9-10-19(32-23(24)25)20(13-16)30-2)22(29)18(11-12-33-3)26-21(28)15-31-17-7-5-4-6-8-17/h4-10,13,18,23H,11-12,14-15H2,1-3H3,(H,26,28). The number of rotatable bonds is 13. The number of benzene rings is 2. The van der Waals surface area contributed by atoms with Crippen molar-refractivity contribution in [3.63, 3.8) is 0 Å². The predicted octanol–water partition coefficient (Wildman–Crippen LogP) is 3.57. The van der Waals surface area contributed by atoms with Crippen molar-refractivity contribution in [2.45, 2.75) is 25.6 Å². The summed E-state index contributed by atoms with van der Waals surface area (Å²) < 4.78 is 40.0. The summed E-state index contributed by atoms with van der Waals surface area (Å²) in [5, 5.41) is 2.75. The molecule has 2 aromatic rings. The molecule has 0 aliphatic heterocycles. The Morgan fingerprint density at radius 3 is 2.48 bits per heavy atom. The van der Waals surface area contributed by atoms with Crippen LogP contribution in [0.3, 0.4) is 0 Å². The van der Waals surface area contributed by atoms with E-state index in [1.165, 1.54) is 24.1 Å².